The second-order valence-electron chi connectivity index (χ2n) is 4.22. The molecule has 98 valence electrons. The van der Waals surface area contributed by atoms with Crippen molar-refractivity contribution in [1.82, 2.24) is 9.55 Å². The largest absolute Gasteiger partial charge is 0.369 e. The molecule has 0 saturated heterocycles. The maximum atomic E-state index is 9.02. The molecule has 2 aromatic carbocycles. The van der Waals surface area contributed by atoms with E-state index in [0.29, 0.717) is 16.5 Å². The van der Waals surface area contributed by atoms with Crippen LogP contribution in [0.1, 0.15) is 5.56 Å². The zero-order valence-electron chi connectivity index (χ0n) is 10.1. The zero-order chi connectivity index (χ0) is 14.3. The lowest BCUT2D eigenvalue weighted by Gasteiger charge is -2.09. The molecule has 0 unspecified atom stereocenters. The van der Waals surface area contributed by atoms with Gasteiger partial charge in [-0.1, -0.05) is 11.6 Å². The summed E-state index contributed by atoms with van der Waals surface area (Å²) >= 11 is 9.43. The van der Waals surface area contributed by atoms with Gasteiger partial charge in [0.2, 0.25) is 5.95 Å². The van der Waals surface area contributed by atoms with Gasteiger partial charge in [-0.15, -0.1) is 0 Å². The average Bonchev–Trinajstić information content (AvgIpc) is 2.74. The molecule has 0 aliphatic rings. The molecule has 3 rings (SSSR count). The Labute approximate surface area is 128 Å². The van der Waals surface area contributed by atoms with Crippen LogP contribution in [0, 0.1) is 11.3 Å². The van der Waals surface area contributed by atoms with Crippen LogP contribution in [0.3, 0.4) is 0 Å². The van der Waals surface area contributed by atoms with Gasteiger partial charge in [0.15, 0.2) is 0 Å². The maximum Gasteiger partial charge on any atom is 0.205 e. The van der Waals surface area contributed by atoms with Crippen molar-refractivity contribution in [3.05, 3.63) is 51.5 Å². The fourth-order valence-electron chi connectivity index (χ4n) is 2.08. The van der Waals surface area contributed by atoms with E-state index in [4.69, 9.17) is 22.6 Å². The topological polar surface area (TPSA) is 67.6 Å². The molecule has 20 heavy (non-hydrogen) atoms. The number of benzene rings is 2. The number of imidazole rings is 1. The van der Waals surface area contributed by atoms with Crippen molar-refractivity contribution >= 4 is 44.5 Å². The van der Waals surface area contributed by atoms with Crippen molar-refractivity contribution in [1.29, 1.82) is 5.26 Å². The lowest BCUT2D eigenvalue weighted by molar-refractivity contribution is 1.10. The van der Waals surface area contributed by atoms with Crippen molar-refractivity contribution in [2.75, 3.05) is 5.73 Å². The van der Waals surface area contributed by atoms with Gasteiger partial charge in [-0.2, -0.15) is 5.26 Å². The van der Waals surface area contributed by atoms with E-state index in [1.54, 1.807) is 34.9 Å². The number of nitrogens with two attached hydrogens (primary N) is 1. The molecule has 0 aliphatic heterocycles. The second-order valence-corrected chi connectivity index (χ2v) is 5.51. The standard InChI is InChI=1S/C14H8BrClN4/c15-10-6-9(16)2-4-12(10)20-13-5-8(7-17)1-3-11(13)19-14(20)18/h1-6H,(H2,18,19). The van der Waals surface area contributed by atoms with Crippen LogP contribution in [-0.4, -0.2) is 9.55 Å². The van der Waals surface area contributed by atoms with E-state index in [9.17, 15) is 0 Å². The normalized spacial score (nSPS) is 10.7. The Bertz CT molecular complexity index is 863. The van der Waals surface area contributed by atoms with Gasteiger partial charge >= 0.3 is 0 Å². The predicted molar refractivity (Wildman–Crippen MR) is 82.9 cm³/mol. The number of nitrogen functional groups attached to an aromatic ring is 1. The van der Waals surface area contributed by atoms with Crippen molar-refractivity contribution in [2.24, 2.45) is 0 Å². The molecule has 0 saturated carbocycles. The Morgan fingerprint density at radius 3 is 2.75 bits per heavy atom. The smallest absolute Gasteiger partial charge is 0.205 e. The highest BCUT2D eigenvalue weighted by Gasteiger charge is 2.13. The first kappa shape index (κ1) is 13.0. The first-order valence-corrected chi connectivity index (χ1v) is 6.91. The van der Waals surface area contributed by atoms with Gasteiger partial charge < -0.3 is 5.73 Å². The van der Waals surface area contributed by atoms with Crippen LogP contribution >= 0.6 is 27.5 Å². The minimum absolute atomic E-state index is 0.359. The second kappa shape index (κ2) is 4.82. The van der Waals surface area contributed by atoms with Gasteiger partial charge in [-0.3, -0.25) is 4.57 Å². The summed E-state index contributed by atoms with van der Waals surface area (Å²) in [5.41, 5.74) is 8.90. The highest BCUT2D eigenvalue weighted by molar-refractivity contribution is 9.10. The third-order valence-corrected chi connectivity index (χ3v) is 3.83. The van der Waals surface area contributed by atoms with Crippen LogP contribution in [0.4, 0.5) is 5.95 Å². The summed E-state index contributed by atoms with van der Waals surface area (Å²) in [4.78, 5) is 4.31. The summed E-state index contributed by atoms with van der Waals surface area (Å²) in [6, 6.07) is 12.8. The van der Waals surface area contributed by atoms with E-state index in [1.165, 1.54) is 0 Å². The molecule has 6 heteroatoms. The van der Waals surface area contributed by atoms with Crippen LogP contribution in [0.15, 0.2) is 40.9 Å². The number of fused-ring (bicyclic) bond motifs is 1. The molecular formula is C14H8BrClN4. The Balaban J connectivity index is 2.35. The quantitative estimate of drug-likeness (QED) is 0.726. The van der Waals surface area contributed by atoms with E-state index in [1.807, 2.05) is 6.07 Å². The number of anilines is 1. The number of rotatable bonds is 1. The summed E-state index contributed by atoms with van der Waals surface area (Å²) < 4.78 is 2.59. The number of halogens is 2. The molecular weight excluding hydrogens is 340 g/mol. The van der Waals surface area contributed by atoms with Crippen molar-refractivity contribution < 1.29 is 0 Å². The van der Waals surface area contributed by atoms with E-state index >= 15 is 0 Å². The van der Waals surface area contributed by atoms with E-state index in [2.05, 4.69) is 27.0 Å². The SMILES string of the molecule is N#Cc1ccc2nc(N)n(-c3ccc(Cl)cc3Br)c2c1. The van der Waals surface area contributed by atoms with Gasteiger partial charge in [-0.05, 0) is 52.3 Å². The zero-order valence-corrected chi connectivity index (χ0v) is 12.5. The molecule has 0 bridgehead atoms. The molecule has 0 spiro atoms. The molecule has 3 aromatic rings. The van der Waals surface area contributed by atoms with Crippen LogP contribution in [-0.2, 0) is 0 Å². The fourth-order valence-corrected chi connectivity index (χ4v) is 2.94. The summed E-state index contributed by atoms with van der Waals surface area (Å²) in [6.45, 7) is 0. The van der Waals surface area contributed by atoms with E-state index < -0.39 is 0 Å². The van der Waals surface area contributed by atoms with Gasteiger partial charge in [0.05, 0.1) is 28.4 Å². The molecule has 0 radical (unpaired) electrons. The van der Waals surface area contributed by atoms with Crippen LogP contribution in [0.2, 0.25) is 5.02 Å². The molecule has 0 atom stereocenters. The molecule has 4 nitrogen and oxygen atoms in total. The first-order valence-electron chi connectivity index (χ1n) is 5.73. The maximum absolute atomic E-state index is 9.02. The lowest BCUT2D eigenvalue weighted by Crippen LogP contribution is -2.01. The Morgan fingerprint density at radius 1 is 1.25 bits per heavy atom. The van der Waals surface area contributed by atoms with Gasteiger partial charge in [0.1, 0.15) is 0 Å². The average molecular weight is 348 g/mol. The minimum atomic E-state index is 0.359. The number of hydrogen-bond donors (Lipinski definition) is 1. The van der Waals surface area contributed by atoms with E-state index in [-0.39, 0.29) is 0 Å². The lowest BCUT2D eigenvalue weighted by atomic mass is 10.2. The molecule has 1 heterocycles. The fraction of sp³-hybridized carbons (Fsp3) is 0. The number of hydrogen-bond acceptors (Lipinski definition) is 3. The van der Waals surface area contributed by atoms with Crippen LogP contribution in [0.5, 0.6) is 0 Å². The van der Waals surface area contributed by atoms with Gasteiger partial charge in [0, 0.05) is 9.50 Å². The molecule has 0 amide bonds. The third-order valence-electron chi connectivity index (χ3n) is 2.96. The Kier molecular flexibility index (Phi) is 3.13. The van der Waals surface area contributed by atoms with Gasteiger partial charge in [-0.25, -0.2) is 4.98 Å². The number of nitriles is 1. The predicted octanol–water partition coefficient (Wildman–Crippen LogP) is 3.90. The highest BCUT2D eigenvalue weighted by Crippen LogP contribution is 2.30. The van der Waals surface area contributed by atoms with Crippen LogP contribution < -0.4 is 5.73 Å². The van der Waals surface area contributed by atoms with Crippen molar-refractivity contribution in [3.8, 4) is 11.8 Å². The van der Waals surface area contributed by atoms with Crippen molar-refractivity contribution in [3.63, 3.8) is 0 Å². The first-order chi connectivity index (χ1) is 9.60. The monoisotopic (exact) mass is 346 g/mol. The summed E-state index contributed by atoms with van der Waals surface area (Å²) in [5, 5.41) is 9.64. The minimum Gasteiger partial charge on any atom is -0.369 e. The number of nitrogens with zero attached hydrogens (tertiary/aromatic N) is 3. The summed E-state index contributed by atoms with van der Waals surface area (Å²) in [6.07, 6.45) is 0. The Morgan fingerprint density at radius 2 is 2.05 bits per heavy atom. The molecule has 1 aromatic heterocycles. The molecule has 2 N–H and O–H groups in total. The highest BCUT2D eigenvalue weighted by atomic mass is 79.9. The molecule has 0 aliphatic carbocycles. The summed E-state index contributed by atoms with van der Waals surface area (Å²) in [5.74, 6) is 0.359. The van der Waals surface area contributed by atoms with E-state index in [0.717, 1.165) is 21.2 Å². The Hall–Kier alpha value is -2.03. The van der Waals surface area contributed by atoms with Crippen LogP contribution in [0.25, 0.3) is 16.7 Å². The number of aromatic nitrogens is 2. The van der Waals surface area contributed by atoms with Gasteiger partial charge in [0.25, 0.3) is 0 Å². The third kappa shape index (κ3) is 2.03. The molecule has 0 fully saturated rings. The summed E-state index contributed by atoms with van der Waals surface area (Å²) in [7, 11) is 0. The van der Waals surface area contributed by atoms with Crippen molar-refractivity contribution in [2.45, 2.75) is 0 Å².